The Morgan fingerprint density at radius 3 is 2.34 bits per heavy atom. The van der Waals surface area contributed by atoms with E-state index in [4.69, 9.17) is 9.47 Å². The lowest BCUT2D eigenvalue weighted by Crippen LogP contribution is -2.36. The van der Waals surface area contributed by atoms with Crippen molar-refractivity contribution in [2.75, 3.05) is 34.4 Å². The zero-order valence-electron chi connectivity index (χ0n) is 20.7. The van der Waals surface area contributed by atoms with E-state index in [0.717, 1.165) is 16.7 Å². The zero-order chi connectivity index (χ0) is 24.9. The molecule has 0 radical (unpaired) electrons. The number of nitrogens with zero attached hydrogens (tertiary/aromatic N) is 2. The smallest absolute Gasteiger partial charge is 0.254 e. The summed E-state index contributed by atoms with van der Waals surface area (Å²) in [6.45, 7) is 3.20. The standard InChI is InChI=1S/C29H32N2O4/c1-20-10-8-9-13-23(20)29(33)31-18-25(24-16-22(34-3)14-15-27(24)35-4)26(19-31)28(32)30(2)17-21-11-6-5-7-12-21/h5-16,25-26H,17-19H2,1-4H3/t25-,26+/m0/s1. The second kappa shape index (κ2) is 10.6. The summed E-state index contributed by atoms with van der Waals surface area (Å²) in [7, 11) is 5.06. The van der Waals surface area contributed by atoms with Crippen LogP contribution in [0.1, 0.15) is 33.0 Å². The maximum absolute atomic E-state index is 13.8. The highest BCUT2D eigenvalue weighted by Gasteiger charge is 2.43. The molecule has 1 heterocycles. The second-order valence-electron chi connectivity index (χ2n) is 9.03. The fourth-order valence-corrected chi connectivity index (χ4v) is 4.87. The van der Waals surface area contributed by atoms with Crippen LogP contribution in [0.3, 0.4) is 0 Å². The Hall–Kier alpha value is -3.80. The third kappa shape index (κ3) is 5.16. The van der Waals surface area contributed by atoms with Crippen molar-refractivity contribution >= 4 is 11.8 Å². The van der Waals surface area contributed by atoms with Gasteiger partial charge in [0.15, 0.2) is 0 Å². The summed E-state index contributed by atoms with van der Waals surface area (Å²) in [4.78, 5) is 30.8. The lowest BCUT2D eigenvalue weighted by Gasteiger charge is -2.25. The Bertz CT molecular complexity index is 1190. The second-order valence-corrected chi connectivity index (χ2v) is 9.03. The largest absolute Gasteiger partial charge is 0.497 e. The van der Waals surface area contributed by atoms with Crippen LogP contribution < -0.4 is 9.47 Å². The van der Waals surface area contributed by atoms with Gasteiger partial charge >= 0.3 is 0 Å². The van der Waals surface area contributed by atoms with Crippen molar-refractivity contribution in [2.45, 2.75) is 19.4 Å². The number of benzene rings is 3. The Morgan fingerprint density at radius 2 is 1.66 bits per heavy atom. The summed E-state index contributed by atoms with van der Waals surface area (Å²) >= 11 is 0. The first-order valence-corrected chi connectivity index (χ1v) is 11.8. The Labute approximate surface area is 207 Å². The number of hydrogen-bond donors (Lipinski definition) is 0. The van der Waals surface area contributed by atoms with Gasteiger partial charge in [0.2, 0.25) is 5.91 Å². The van der Waals surface area contributed by atoms with Gasteiger partial charge in [0.05, 0.1) is 20.1 Å². The number of rotatable bonds is 7. The molecular weight excluding hydrogens is 440 g/mol. The van der Waals surface area contributed by atoms with Gasteiger partial charge in [0, 0.05) is 43.7 Å². The highest BCUT2D eigenvalue weighted by molar-refractivity contribution is 5.96. The average molecular weight is 473 g/mol. The van der Waals surface area contributed by atoms with Gasteiger partial charge in [-0.3, -0.25) is 9.59 Å². The van der Waals surface area contributed by atoms with Crippen LogP contribution >= 0.6 is 0 Å². The molecule has 6 nitrogen and oxygen atoms in total. The fraction of sp³-hybridized carbons (Fsp3) is 0.310. The molecule has 2 atom stereocenters. The molecule has 3 aromatic carbocycles. The molecule has 1 aliphatic heterocycles. The highest BCUT2D eigenvalue weighted by Crippen LogP contribution is 2.40. The molecule has 0 spiro atoms. The summed E-state index contributed by atoms with van der Waals surface area (Å²) in [6, 6.07) is 23.1. The monoisotopic (exact) mass is 472 g/mol. The Morgan fingerprint density at radius 1 is 0.943 bits per heavy atom. The van der Waals surface area contributed by atoms with E-state index < -0.39 is 5.92 Å². The third-order valence-electron chi connectivity index (χ3n) is 6.77. The molecule has 0 N–H and O–H groups in total. The average Bonchev–Trinajstić information content (AvgIpc) is 3.33. The molecular formula is C29H32N2O4. The molecule has 0 unspecified atom stereocenters. The summed E-state index contributed by atoms with van der Waals surface area (Å²) in [5.74, 6) is 0.689. The van der Waals surface area contributed by atoms with E-state index in [1.165, 1.54) is 0 Å². The molecule has 6 heteroatoms. The van der Waals surface area contributed by atoms with Crippen LogP contribution in [-0.4, -0.2) is 56.0 Å². The fourth-order valence-electron chi connectivity index (χ4n) is 4.87. The van der Waals surface area contributed by atoms with Crippen LogP contribution in [0.2, 0.25) is 0 Å². The number of likely N-dealkylation sites (tertiary alicyclic amines) is 1. The SMILES string of the molecule is COc1ccc(OC)c([C@@H]2CN(C(=O)c3ccccc3C)C[C@H]2C(=O)N(C)Cc2ccccc2)c1. The van der Waals surface area contributed by atoms with Crippen molar-refractivity contribution in [3.05, 3.63) is 95.1 Å². The number of carbonyl (C=O) groups is 2. The number of carbonyl (C=O) groups excluding carboxylic acids is 2. The van der Waals surface area contributed by atoms with Gasteiger partial charge in [-0.05, 0) is 42.3 Å². The van der Waals surface area contributed by atoms with E-state index in [-0.39, 0.29) is 17.7 Å². The molecule has 182 valence electrons. The van der Waals surface area contributed by atoms with Crippen LogP contribution in [0, 0.1) is 12.8 Å². The number of methoxy groups -OCH3 is 2. The molecule has 1 aliphatic rings. The molecule has 0 aliphatic carbocycles. The van der Waals surface area contributed by atoms with E-state index >= 15 is 0 Å². The number of hydrogen-bond acceptors (Lipinski definition) is 4. The van der Waals surface area contributed by atoms with Gasteiger partial charge in [0.1, 0.15) is 11.5 Å². The highest BCUT2D eigenvalue weighted by atomic mass is 16.5. The van der Waals surface area contributed by atoms with Crippen LogP contribution in [0.15, 0.2) is 72.8 Å². The van der Waals surface area contributed by atoms with Crippen molar-refractivity contribution in [1.82, 2.24) is 9.80 Å². The normalized spacial score (nSPS) is 17.2. The first-order valence-electron chi connectivity index (χ1n) is 11.8. The van der Waals surface area contributed by atoms with Crippen molar-refractivity contribution < 1.29 is 19.1 Å². The molecule has 3 aromatic rings. The minimum atomic E-state index is -0.405. The maximum atomic E-state index is 13.8. The summed E-state index contributed by atoms with van der Waals surface area (Å²) in [5, 5.41) is 0. The molecule has 1 saturated heterocycles. The maximum Gasteiger partial charge on any atom is 0.254 e. The first kappa shape index (κ1) is 24.3. The van der Waals surface area contributed by atoms with Crippen molar-refractivity contribution in [1.29, 1.82) is 0 Å². The van der Waals surface area contributed by atoms with Crippen LogP contribution in [0.4, 0.5) is 0 Å². The molecule has 0 bridgehead atoms. The van der Waals surface area contributed by atoms with Gasteiger partial charge in [-0.25, -0.2) is 0 Å². The van der Waals surface area contributed by atoms with Gasteiger partial charge in [-0.1, -0.05) is 48.5 Å². The van der Waals surface area contributed by atoms with Crippen molar-refractivity contribution in [3.63, 3.8) is 0 Å². The first-order chi connectivity index (χ1) is 16.9. The van der Waals surface area contributed by atoms with E-state index in [1.54, 1.807) is 24.0 Å². The topological polar surface area (TPSA) is 59.1 Å². The van der Waals surface area contributed by atoms with E-state index in [2.05, 4.69) is 0 Å². The number of ether oxygens (including phenoxy) is 2. The molecule has 2 amide bonds. The van der Waals surface area contributed by atoms with Crippen LogP contribution in [-0.2, 0) is 11.3 Å². The Balaban J connectivity index is 1.68. The lowest BCUT2D eigenvalue weighted by molar-refractivity contribution is -0.134. The van der Waals surface area contributed by atoms with Gasteiger partial charge in [-0.15, -0.1) is 0 Å². The third-order valence-corrected chi connectivity index (χ3v) is 6.77. The van der Waals surface area contributed by atoms with Gasteiger partial charge < -0.3 is 19.3 Å². The van der Waals surface area contributed by atoms with Crippen molar-refractivity contribution in [3.8, 4) is 11.5 Å². The van der Waals surface area contributed by atoms with E-state index in [1.807, 2.05) is 86.8 Å². The van der Waals surface area contributed by atoms with Crippen LogP contribution in [0.25, 0.3) is 0 Å². The Kier molecular flexibility index (Phi) is 7.39. The predicted octanol–water partition coefficient (Wildman–Crippen LogP) is 4.53. The molecule has 4 rings (SSSR count). The minimum absolute atomic E-state index is 0.00353. The lowest BCUT2D eigenvalue weighted by atomic mass is 9.87. The van der Waals surface area contributed by atoms with Gasteiger partial charge in [0.25, 0.3) is 5.91 Å². The van der Waals surface area contributed by atoms with E-state index in [0.29, 0.717) is 36.7 Å². The van der Waals surface area contributed by atoms with Crippen LogP contribution in [0.5, 0.6) is 11.5 Å². The van der Waals surface area contributed by atoms with Crippen molar-refractivity contribution in [2.24, 2.45) is 5.92 Å². The minimum Gasteiger partial charge on any atom is -0.497 e. The molecule has 35 heavy (non-hydrogen) atoms. The molecule has 0 saturated carbocycles. The van der Waals surface area contributed by atoms with Gasteiger partial charge in [-0.2, -0.15) is 0 Å². The molecule has 0 aromatic heterocycles. The predicted molar refractivity (Wildman–Crippen MR) is 136 cm³/mol. The summed E-state index contributed by atoms with van der Waals surface area (Å²) < 4.78 is 11.1. The zero-order valence-corrected chi connectivity index (χ0v) is 20.7. The quantitative estimate of drug-likeness (QED) is 0.507. The summed E-state index contributed by atoms with van der Waals surface area (Å²) in [6.07, 6.45) is 0. The number of amides is 2. The number of aryl methyl sites for hydroxylation is 1. The van der Waals surface area contributed by atoms with E-state index in [9.17, 15) is 9.59 Å². The molecule has 1 fully saturated rings. The summed E-state index contributed by atoms with van der Waals surface area (Å²) in [5.41, 5.74) is 3.52.